The van der Waals surface area contributed by atoms with Gasteiger partial charge < -0.3 is 20.5 Å². The average Bonchev–Trinajstić information content (AvgIpc) is 2.72. The second-order valence-corrected chi connectivity index (χ2v) is 9.04. The molecule has 5 nitrogen and oxygen atoms in total. The molecule has 3 fully saturated rings. The molecule has 1 heterocycles. The average molecular weight is 387 g/mol. The van der Waals surface area contributed by atoms with Crippen molar-refractivity contribution in [3.05, 3.63) is 29.8 Å². The lowest BCUT2D eigenvalue weighted by Crippen LogP contribution is -2.51. The van der Waals surface area contributed by atoms with Crippen LogP contribution in [0.2, 0.25) is 0 Å². The van der Waals surface area contributed by atoms with Gasteiger partial charge in [-0.2, -0.15) is 0 Å². The van der Waals surface area contributed by atoms with E-state index in [1.54, 1.807) is 7.11 Å². The molecular formula is C23H34N2O3. The molecule has 1 amide bonds. The first-order valence-corrected chi connectivity index (χ1v) is 10.9. The summed E-state index contributed by atoms with van der Waals surface area (Å²) < 4.78 is 10.9. The van der Waals surface area contributed by atoms with Gasteiger partial charge in [-0.3, -0.25) is 4.79 Å². The zero-order chi connectivity index (χ0) is 19.6. The lowest BCUT2D eigenvalue weighted by Gasteiger charge is -2.44. The van der Waals surface area contributed by atoms with Crippen molar-refractivity contribution in [1.29, 1.82) is 0 Å². The number of ether oxygens (including phenoxy) is 2. The molecular weight excluding hydrogens is 352 g/mol. The van der Waals surface area contributed by atoms with Crippen molar-refractivity contribution in [2.45, 2.75) is 56.4 Å². The molecule has 2 aliphatic carbocycles. The third kappa shape index (κ3) is 3.92. The lowest BCUT2D eigenvalue weighted by atomic mass is 9.65. The Bertz CT molecular complexity index is 655. The minimum Gasteiger partial charge on any atom is -0.497 e. The lowest BCUT2D eigenvalue weighted by molar-refractivity contribution is -0.128. The van der Waals surface area contributed by atoms with Gasteiger partial charge >= 0.3 is 0 Å². The first-order chi connectivity index (χ1) is 13.6. The van der Waals surface area contributed by atoms with E-state index in [0.29, 0.717) is 24.4 Å². The summed E-state index contributed by atoms with van der Waals surface area (Å²) in [6.45, 7) is 2.16. The quantitative estimate of drug-likeness (QED) is 0.816. The maximum absolute atomic E-state index is 13.0. The van der Waals surface area contributed by atoms with Crippen LogP contribution in [0.15, 0.2) is 24.3 Å². The highest BCUT2D eigenvalue weighted by molar-refractivity contribution is 5.79. The molecule has 2 unspecified atom stereocenters. The molecule has 2 saturated carbocycles. The molecule has 0 spiro atoms. The van der Waals surface area contributed by atoms with E-state index in [9.17, 15) is 4.79 Å². The fraction of sp³-hybridized carbons (Fsp3) is 0.696. The number of nitrogens with one attached hydrogen (secondary N) is 1. The summed E-state index contributed by atoms with van der Waals surface area (Å²) in [5, 5.41) is 3.33. The summed E-state index contributed by atoms with van der Waals surface area (Å²) in [5.41, 5.74) is 7.61. The zero-order valence-corrected chi connectivity index (χ0v) is 17.0. The normalized spacial score (nSPS) is 31.8. The second kappa shape index (κ2) is 8.42. The summed E-state index contributed by atoms with van der Waals surface area (Å²) >= 11 is 0. The van der Waals surface area contributed by atoms with Crippen LogP contribution in [0.25, 0.3) is 0 Å². The van der Waals surface area contributed by atoms with Crippen LogP contribution in [-0.4, -0.2) is 38.8 Å². The number of carbonyl (C=O) groups is 1. The third-order valence-corrected chi connectivity index (χ3v) is 7.54. The van der Waals surface area contributed by atoms with Crippen molar-refractivity contribution in [1.82, 2.24) is 5.32 Å². The van der Waals surface area contributed by atoms with Crippen LogP contribution in [0.1, 0.15) is 50.5 Å². The molecule has 2 atom stereocenters. The number of benzene rings is 1. The van der Waals surface area contributed by atoms with Crippen LogP contribution in [-0.2, 0) is 14.9 Å². The summed E-state index contributed by atoms with van der Waals surface area (Å²) in [5.74, 6) is 2.27. The fourth-order valence-corrected chi connectivity index (χ4v) is 5.68. The number of hydrogen-bond acceptors (Lipinski definition) is 4. The Morgan fingerprint density at radius 3 is 2.43 bits per heavy atom. The van der Waals surface area contributed by atoms with E-state index < -0.39 is 0 Å². The Morgan fingerprint density at radius 1 is 1.18 bits per heavy atom. The van der Waals surface area contributed by atoms with Crippen molar-refractivity contribution in [2.24, 2.45) is 23.5 Å². The Morgan fingerprint density at radius 2 is 1.82 bits per heavy atom. The molecule has 3 aliphatic rings. The highest BCUT2D eigenvalue weighted by Crippen LogP contribution is 2.42. The Hall–Kier alpha value is -1.59. The standard InChI is InChI=1S/C23H34N2O3/c1-27-20-7-5-19(6-8-20)23(9-11-28-12-10-23)15-25-22(26)18-13-16-3-2-4-17(14-18)21(16)24/h5-8,16-18,21H,2-4,9-15,24H2,1H3,(H,25,26). The topological polar surface area (TPSA) is 73.6 Å². The van der Waals surface area contributed by atoms with Crippen molar-refractivity contribution in [2.75, 3.05) is 26.9 Å². The van der Waals surface area contributed by atoms with Crippen LogP contribution in [0, 0.1) is 17.8 Å². The maximum atomic E-state index is 13.0. The van der Waals surface area contributed by atoms with Gasteiger partial charge in [-0.1, -0.05) is 18.6 Å². The zero-order valence-electron chi connectivity index (χ0n) is 17.0. The fourth-order valence-electron chi connectivity index (χ4n) is 5.68. The molecule has 28 heavy (non-hydrogen) atoms. The SMILES string of the molecule is COc1ccc(C2(CNC(=O)C3CC4CCCC(C3)C4N)CCOCC2)cc1. The Kier molecular flexibility index (Phi) is 5.93. The molecule has 4 rings (SSSR count). The van der Waals surface area contributed by atoms with E-state index in [0.717, 1.165) is 44.6 Å². The van der Waals surface area contributed by atoms with Gasteiger partial charge in [0.25, 0.3) is 0 Å². The van der Waals surface area contributed by atoms with Crippen LogP contribution < -0.4 is 15.8 Å². The minimum absolute atomic E-state index is 0.0544. The molecule has 5 heteroatoms. The molecule has 0 aromatic heterocycles. The van der Waals surface area contributed by atoms with Gasteiger partial charge in [0.2, 0.25) is 5.91 Å². The van der Waals surface area contributed by atoms with Gasteiger partial charge in [0.15, 0.2) is 0 Å². The van der Waals surface area contributed by atoms with E-state index in [1.807, 2.05) is 12.1 Å². The van der Waals surface area contributed by atoms with Gasteiger partial charge in [0.05, 0.1) is 7.11 Å². The first-order valence-electron chi connectivity index (χ1n) is 10.9. The van der Waals surface area contributed by atoms with E-state index in [1.165, 1.54) is 24.8 Å². The number of nitrogens with two attached hydrogens (primary N) is 1. The number of amides is 1. The smallest absolute Gasteiger partial charge is 0.223 e. The molecule has 154 valence electrons. The number of hydrogen-bond donors (Lipinski definition) is 2. The van der Waals surface area contributed by atoms with Crippen molar-refractivity contribution < 1.29 is 14.3 Å². The van der Waals surface area contributed by atoms with Crippen LogP contribution >= 0.6 is 0 Å². The first kappa shape index (κ1) is 19.7. The molecule has 1 aliphatic heterocycles. The van der Waals surface area contributed by atoms with Gasteiger partial charge in [-0.25, -0.2) is 0 Å². The number of rotatable bonds is 5. The molecule has 2 bridgehead atoms. The van der Waals surface area contributed by atoms with Gasteiger partial charge in [0, 0.05) is 37.1 Å². The van der Waals surface area contributed by atoms with E-state index in [2.05, 4.69) is 17.4 Å². The third-order valence-electron chi connectivity index (χ3n) is 7.54. The highest BCUT2D eigenvalue weighted by Gasteiger charge is 2.41. The Balaban J connectivity index is 1.43. The van der Waals surface area contributed by atoms with Crippen LogP contribution in [0.4, 0.5) is 0 Å². The minimum atomic E-state index is -0.0544. The molecule has 1 saturated heterocycles. The molecule has 1 aromatic rings. The highest BCUT2D eigenvalue weighted by atomic mass is 16.5. The van der Waals surface area contributed by atoms with Gasteiger partial charge in [-0.05, 0) is 68.1 Å². The van der Waals surface area contributed by atoms with Crippen molar-refractivity contribution in [3.8, 4) is 5.75 Å². The van der Waals surface area contributed by atoms with Crippen molar-refractivity contribution in [3.63, 3.8) is 0 Å². The number of carbonyl (C=O) groups excluding carboxylic acids is 1. The molecule has 1 aromatic carbocycles. The maximum Gasteiger partial charge on any atom is 0.223 e. The van der Waals surface area contributed by atoms with Crippen molar-refractivity contribution >= 4 is 5.91 Å². The predicted molar refractivity (Wildman–Crippen MR) is 109 cm³/mol. The van der Waals surface area contributed by atoms with Crippen LogP contribution in [0.5, 0.6) is 5.75 Å². The monoisotopic (exact) mass is 386 g/mol. The van der Waals surface area contributed by atoms with E-state index in [-0.39, 0.29) is 17.2 Å². The van der Waals surface area contributed by atoms with Gasteiger partial charge in [0.1, 0.15) is 5.75 Å². The largest absolute Gasteiger partial charge is 0.497 e. The summed E-state index contributed by atoms with van der Waals surface area (Å²) in [4.78, 5) is 13.0. The van der Waals surface area contributed by atoms with E-state index in [4.69, 9.17) is 15.2 Å². The summed E-state index contributed by atoms with van der Waals surface area (Å²) in [6, 6.07) is 8.61. The number of methoxy groups -OCH3 is 1. The second-order valence-electron chi connectivity index (χ2n) is 9.04. The number of fused-ring (bicyclic) bond motifs is 2. The van der Waals surface area contributed by atoms with E-state index >= 15 is 0 Å². The molecule has 0 radical (unpaired) electrons. The predicted octanol–water partition coefficient (Wildman–Crippen LogP) is 3.01. The van der Waals surface area contributed by atoms with Crippen LogP contribution in [0.3, 0.4) is 0 Å². The Labute approximate surface area is 168 Å². The van der Waals surface area contributed by atoms with Gasteiger partial charge in [-0.15, -0.1) is 0 Å². The summed E-state index contributed by atoms with van der Waals surface area (Å²) in [6.07, 6.45) is 7.44. The summed E-state index contributed by atoms with van der Waals surface area (Å²) in [7, 11) is 1.69. The molecule has 3 N–H and O–H groups in total.